The number of carbonyl (C=O) groups is 3. The number of anilines is 1. The second-order valence-electron chi connectivity index (χ2n) is 13.0. The van der Waals surface area contributed by atoms with Crippen molar-refractivity contribution in [2.75, 3.05) is 31.7 Å². The SMILES string of the molecule is CO[C@@H]1C[C@H](C(=O)N(c2ccc(S(F)(F)(F)(F)F)cc2)C(C(=O)N(CCO)C2CCC(F)(F)CC2)c2cccnc2)N(C(=O)OCc2ccccc2)C1. The van der Waals surface area contributed by atoms with Crippen LogP contribution in [0.4, 0.5) is 38.7 Å². The Morgan fingerprint density at radius 2 is 1.64 bits per heavy atom. The number of aliphatic hydroxyl groups excluding tert-OH is 1. The van der Waals surface area contributed by atoms with E-state index >= 15 is 0 Å². The smallest absolute Gasteiger partial charge is 0.410 e. The van der Waals surface area contributed by atoms with Gasteiger partial charge in [-0.1, -0.05) is 55.8 Å². The standard InChI is InChI=1S/C35H39F7N4O6S/c1-51-28-20-30(45(22-28)34(50)52-23-24-6-3-2-4-7-24)32(48)46(27-9-11-29(12-10-27)53(38,39,40,41)42)31(25-8-5-17-43-21-25)33(49)44(18-19-47)26-13-15-35(36,37)16-14-26/h2-12,17,21,26,28,30-31,47H,13-16,18-20,22-23H2,1H3/t28-,30-,31?/m1/s1. The number of benzene rings is 2. The number of rotatable bonds is 12. The van der Waals surface area contributed by atoms with Crippen molar-refractivity contribution in [3.05, 3.63) is 90.3 Å². The molecule has 1 aliphatic heterocycles. The topological polar surface area (TPSA) is 113 Å². The molecule has 53 heavy (non-hydrogen) atoms. The Morgan fingerprint density at radius 1 is 0.981 bits per heavy atom. The molecule has 1 saturated heterocycles. The highest BCUT2D eigenvalue weighted by atomic mass is 32.5. The number of carbonyl (C=O) groups excluding carboxylic acids is 3. The average molecular weight is 777 g/mol. The van der Waals surface area contributed by atoms with Crippen LogP contribution in [0.5, 0.6) is 0 Å². The predicted molar refractivity (Wildman–Crippen MR) is 181 cm³/mol. The molecule has 0 spiro atoms. The second-order valence-corrected chi connectivity index (χ2v) is 15.4. The van der Waals surface area contributed by atoms with Crippen molar-refractivity contribution in [2.45, 2.75) is 73.8 Å². The number of halogens is 7. The first-order valence-electron chi connectivity index (χ1n) is 16.7. The number of aliphatic hydroxyl groups is 1. The Bertz CT molecular complexity index is 1750. The van der Waals surface area contributed by atoms with Gasteiger partial charge in [0.05, 0.1) is 19.3 Å². The van der Waals surface area contributed by atoms with Gasteiger partial charge in [0.1, 0.15) is 23.6 Å². The minimum Gasteiger partial charge on any atom is -0.445 e. The van der Waals surface area contributed by atoms with Crippen LogP contribution in [0.15, 0.2) is 84.0 Å². The van der Waals surface area contributed by atoms with Gasteiger partial charge < -0.3 is 19.5 Å². The lowest BCUT2D eigenvalue weighted by atomic mass is 9.90. The number of nitrogens with zero attached hydrogens (tertiary/aromatic N) is 4. The third-order valence-electron chi connectivity index (χ3n) is 9.36. The number of alkyl halides is 2. The maximum absolute atomic E-state index is 14.9. The summed E-state index contributed by atoms with van der Waals surface area (Å²) in [5.41, 5.74) is 0.218. The highest BCUT2D eigenvalue weighted by Gasteiger charge is 2.65. The molecular weight excluding hydrogens is 737 g/mol. The summed E-state index contributed by atoms with van der Waals surface area (Å²) in [6.07, 6.45) is -0.732. The normalized spacial score (nSPS) is 20.9. The van der Waals surface area contributed by atoms with Gasteiger partial charge in [-0.3, -0.25) is 24.4 Å². The lowest BCUT2D eigenvalue weighted by Gasteiger charge is -2.42. The summed E-state index contributed by atoms with van der Waals surface area (Å²) >= 11 is 0. The lowest BCUT2D eigenvalue weighted by Crippen LogP contribution is -2.55. The Kier molecular flexibility index (Phi) is 11.1. The summed E-state index contributed by atoms with van der Waals surface area (Å²) in [6.45, 7) is -1.30. The van der Waals surface area contributed by atoms with E-state index in [2.05, 4.69) is 4.98 Å². The summed E-state index contributed by atoms with van der Waals surface area (Å²) in [6, 6.07) is 8.77. The van der Waals surface area contributed by atoms with Crippen LogP contribution >= 0.6 is 10.2 Å². The Hall–Kier alpha value is -4.42. The van der Waals surface area contributed by atoms with Crippen molar-refractivity contribution >= 4 is 33.8 Å². The highest BCUT2D eigenvalue weighted by molar-refractivity contribution is 8.45. The van der Waals surface area contributed by atoms with Crippen LogP contribution in [0, 0.1) is 0 Å². The molecule has 5 rings (SSSR count). The van der Waals surface area contributed by atoms with Crippen molar-refractivity contribution in [3.63, 3.8) is 0 Å². The third kappa shape index (κ3) is 9.58. The third-order valence-corrected chi connectivity index (χ3v) is 10.5. The minimum atomic E-state index is -10.2. The second kappa shape index (κ2) is 14.8. The number of methoxy groups -OCH3 is 1. The maximum Gasteiger partial charge on any atom is 0.410 e. The van der Waals surface area contributed by atoms with E-state index in [9.17, 15) is 47.7 Å². The highest BCUT2D eigenvalue weighted by Crippen LogP contribution is 3.02. The van der Waals surface area contributed by atoms with E-state index in [1.165, 1.54) is 31.6 Å². The molecule has 1 aliphatic carbocycles. The Balaban J connectivity index is 1.61. The lowest BCUT2D eigenvalue weighted by molar-refractivity contribution is -0.140. The van der Waals surface area contributed by atoms with Gasteiger partial charge in [0.15, 0.2) is 0 Å². The molecule has 1 unspecified atom stereocenters. The molecule has 0 bridgehead atoms. The molecule has 0 radical (unpaired) electrons. The number of hydrogen-bond acceptors (Lipinski definition) is 7. The van der Waals surface area contributed by atoms with Crippen LogP contribution in [0.1, 0.15) is 49.3 Å². The van der Waals surface area contributed by atoms with Crippen molar-refractivity contribution in [1.29, 1.82) is 0 Å². The summed E-state index contributed by atoms with van der Waals surface area (Å²) in [7, 11) is -8.85. The van der Waals surface area contributed by atoms with Crippen LogP contribution in [-0.4, -0.2) is 88.7 Å². The van der Waals surface area contributed by atoms with Crippen LogP contribution in [-0.2, 0) is 25.7 Å². The van der Waals surface area contributed by atoms with Gasteiger partial charge in [-0.05, 0) is 48.7 Å². The van der Waals surface area contributed by atoms with Crippen LogP contribution in [0.2, 0.25) is 0 Å². The fourth-order valence-corrected chi connectivity index (χ4v) is 7.30. The molecular formula is C35H39F7N4O6S. The number of ether oxygens (including phenoxy) is 2. The van der Waals surface area contributed by atoms with Gasteiger partial charge in [0.2, 0.25) is 5.92 Å². The molecule has 1 saturated carbocycles. The minimum absolute atomic E-state index is 0.0196. The molecule has 10 nitrogen and oxygen atoms in total. The predicted octanol–water partition coefficient (Wildman–Crippen LogP) is 7.64. The van der Waals surface area contributed by atoms with Gasteiger partial charge in [-0.15, -0.1) is 0 Å². The van der Waals surface area contributed by atoms with Crippen molar-refractivity contribution < 1.29 is 57.2 Å². The molecule has 1 N–H and O–H groups in total. The van der Waals surface area contributed by atoms with Gasteiger partial charge in [0, 0.05) is 62.6 Å². The zero-order valence-corrected chi connectivity index (χ0v) is 29.3. The zero-order chi connectivity index (χ0) is 38.7. The monoisotopic (exact) mass is 776 g/mol. The first-order chi connectivity index (χ1) is 24.8. The summed E-state index contributed by atoms with van der Waals surface area (Å²) in [5, 5.41) is 9.97. The van der Waals surface area contributed by atoms with Gasteiger partial charge in [-0.2, -0.15) is 0 Å². The van der Waals surface area contributed by atoms with E-state index < -0.39 is 88.3 Å². The van der Waals surface area contributed by atoms with E-state index in [4.69, 9.17) is 9.47 Å². The number of hydrogen-bond donors (Lipinski definition) is 1. The number of aromatic nitrogens is 1. The van der Waals surface area contributed by atoms with E-state index in [0.717, 1.165) is 14.7 Å². The summed E-state index contributed by atoms with van der Waals surface area (Å²) in [5.74, 6) is -4.91. The first-order valence-corrected chi connectivity index (χ1v) is 18.6. The van der Waals surface area contributed by atoms with E-state index in [1.54, 1.807) is 30.3 Å². The van der Waals surface area contributed by atoms with E-state index in [-0.39, 0.29) is 56.7 Å². The largest absolute Gasteiger partial charge is 0.445 e. The van der Waals surface area contributed by atoms with E-state index in [0.29, 0.717) is 17.7 Å². The molecule has 2 aromatic carbocycles. The molecule has 1 aromatic heterocycles. The number of likely N-dealkylation sites (tertiary alicyclic amines) is 1. The van der Waals surface area contributed by atoms with Crippen molar-refractivity contribution in [1.82, 2.24) is 14.8 Å². The Morgan fingerprint density at radius 3 is 2.21 bits per heavy atom. The molecule has 3 amide bonds. The van der Waals surface area contributed by atoms with Gasteiger partial charge in [0.25, 0.3) is 11.8 Å². The molecule has 18 heteroatoms. The fraction of sp³-hybridized carbons (Fsp3) is 0.429. The number of pyridine rings is 1. The van der Waals surface area contributed by atoms with Crippen LogP contribution in [0.3, 0.4) is 0 Å². The van der Waals surface area contributed by atoms with Crippen LogP contribution in [0.25, 0.3) is 0 Å². The van der Waals surface area contributed by atoms with Gasteiger partial charge in [-0.25, -0.2) is 13.6 Å². The summed E-state index contributed by atoms with van der Waals surface area (Å²) < 4.78 is 108. The quantitative estimate of drug-likeness (QED) is 0.188. The molecule has 3 atom stereocenters. The molecule has 2 fully saturated rings. The van der Waals surface area contributed by atoms with E-state index in [1.807, 2.05) is 0 Å². The number of amides is 3. The molecule has 2 aliphatic rings. The fourth-order valence-electron chi connectivity index (χ4n) is 6.65. The molecule has 3 aromatic rings. The Labute approximate surface area is 301 Å². The maximum atomic E-state index is 14.9. The molecule has 2 heterocycles. The van der Waals surface area contributed by atoms with Crippen LogP contribution < -0.4 is 4.90 Å². The molecule has 290 valence electrons. The average Bonchev–Trinajstić information content (AvgIpc) is 3.56. The zero-order valence-electron chi connectivity index (χ0n) is 28.5. The summed E-state index contributed by atoms with van der Waals surface area (Å²) in [4.78, 5) is 47.9. The van der Waals surface area contributed by atoms with Crippen molar-refractivity contribution in [3.8, 4) is 0 Å². The van der Waals surface area contributed by atoms with Gasteiger partial charge >= 0.3 is 16.3 Å². The first kappa shape index (κ1) is 39.8. The van der Waals surface area contributed by atoms with Crippen molar-refractivity contribution in [2.24, 2.45) is 0 Å².